The van der Waals surface area contributed by atoms with Crippen LogP contribution in [0.15, 0.2) is 30.5 Å². The minimum atomic E-state index is -0.450. The fourth-order valence-electron chi connectivity index (χ4n) is 3.60. The number of likely N-dealkylation sites (tertiary alicyclic amines) is 1. The number of carbonyl (C=O) groups excluding carboxylic acids is 2. The van der Waals surface area contributed by atoms with Crippen molar-refractivity contribution in [3.05, 3.63) is 42.0 Å². The molecule has 1 aliphatic heterocycles. The van der Waals surface area contributed by atoms with Crippen LogP contribution in [0.2, 0.25) is 0 Å². The van der Waals surface area contributed by atoms with Crippen molar-refractivity contribution in [3.8, 4) is 0 Å². The van der Waals surface area contributed by atoms with E-state index in [1.54, 1.807) is 34.0 Å². The third-order valence-corrected chi connectivity index (χ3v) is 5.38. The summed E-state index contributed by atoms with van der Waals surface area (Å²) in [5, 5.41) is 13.6. The zero-order chi connectivity index (χ0) is 20.2. The lowest BCUT2D eigenvalue weighted by Gasteiger charge is -2.35. The van der Waals surface area contributed by atoms with Gasteiger partial charge in [0.15, 0.2) is 5.69 Å². The largest absolute Gasteiger partial charge is 0.348 e. The van der Waals surface area contributed by atoms with Gasteiger partial charge in [0, 0.05) is 25.2 Å². The summed E-state index contributed by atoms with van der Waals surface area (Å²) in [7, 11) is 0. The zero-order valence-electron chi connectivity index (χ0n) is 16.2. The van der Waals surface area contributed by atoms with Crippen molar-refractivity contribution in [1.82, 2.24) is 25.2 Å². The molecular weight excluding hydrogens is 375 g/mol. The topological polar surface area (TPSA) is 92.2 Å². The molecule has 9 heteroatoms. The number of piperidine rings is 1. The van der Waals surface area contributed by atoms with Crippen LogP contribution in [0.1, 0.15) is 49.0 Å². The SMILES string of the molecule is O=C(NC1CC1)c1cn(CCC2CCCCN2C(=O)Nc2ccccc2F)nn1. The molecule has 2 fully saturated rings. The molecule has 1 saturated carbocycles. The second-order valence-electron chi connectivity index (χ2n) is 7.66. The molecule has 1 aromatic carbocycles. The maximum Gasteiger partial charge on any atom is 0.322 e. The molecule has 8 nitrogen and oxygen atoms in total. The standard InChI is InChI=1S/C20H25FN6O2/c21-16-6-1-2-7-17(16)23-20(29)27-11-4-3-5-15(27)10-12-26-13-18(24-25-26)19(28)22-14-8-9-14/h1-2,6-7,13-15H,3-5,8-12H2,(H,22,28)(H,23,29). The van der Waals surface area contributed by atoms with Gasteiger partial charge in [-0.15, -0.1) is 5.10 Å². The summed E-state index contributed by atoms with van der Waals surface area (Å²) in [6, 6.07) is 6.17. The predicted molar refractivity (Wildman–Crippen MR) is 105 cm³/mol. The molecule has 1 atom stereocenters. The molecule has 29 heavy (non-hydrogen) atoms. The minimum Gasteiger partial charge on any atom is -0.348 e. The molecule has 0 spiro atoms. The highest BCUT2D eigenvalue weighted by atomic mass is 19.1. The van der Waals surface area contributed by atoms with Crippen LogP contribution in [0.5, 0.6) is 0 Å². The lowest BCUT2D eigenvalue weighted by Crippen LogP contribution is -2.46. The van der Waals surface area contributed by atoms with Crippen LogP contribution in [0.4, 0.5) is 14.9 Å². The van der Waals surface area contributed by atoms with E-state index in [2.05, 4.69) is 20.9 Å². The smallest absolute Gasteiger partial charge is 0.322 e. The predicted octanol–water partition coefficient (Wildman–Crippen LogP) is 2.79. The number of nitrogens with zero attached hydrogens (tertiary/aromatic N) is 4. The zero-order valence-corrected chi connectivity index (χ0v) is 16.2. The van der Waals surface area contributed by atoms with Gasteiger partial charge in [0.1, 0.15) is 5.82 Å². The molecule has 0 bridgehead atoms. The number of rotatable bonds is 6. The molecule has 1 unspecified atom stereocenters. The van der Waals surface area contributed by atoms with Crippen molar-refractivity contribution in [2.24, 2.45) is 0 Å². The van der Waals surface area contributed by atoms with Gasteiger partial charge in [-0.05, 0) is 50.7 Å². The van der Waals surface area contributed by atoms with Gasteiger partial charge in [0.2, 0.25) is 0 Å². The number of hydrogen-bond donors (Lipinski definition) is 2. The van der Waals surface area contributed by atoms with Crippen molar-refractivity contribution < 1.29 is 14.0 Å². The van der Waals surface area contributed by atoms with E-state index >= 15 is 0 Å². The van der Waals surface area contributed by atoms with Gasteiger partial charge in [-0.3, -0.25) is 9.48 Å². The molecular formula is C20H25FN6O2. The quantitative estimate of drug-likeness (QED) is 0.780. The number of para-hydroxylation sites is 1. The molecule has 2 heterocycles. The van der Waals surface area contributed by atoms with Gasteiger partial charge in [0.25, 0.3) is 5.91 Å². The number of aromatic nitrogens is 3. The third kappa shape index (κ3) is 4.90. The summed E-state index contributed by atoms with van der Waals surface area (Å²) in [5.74, 6) is -0.642. The van der Waals surface area contributed by atoms with Crippen LogP contribution in [-0.4, -0.2) is 50.5 Å². The van der Waals surface area contributed by atoms with E-state index in [4.69, 9.17) is 0 Å². The summed E-state index contributed by atoms with van der Waals surface area (Å²) in [6.45, 7) is 1.19. The average Bonchev–Trinajstić information content (AvgIpc) is 3.41. The molecule has 154 valence electrons. The Hall–Kier alpha value is -2.97. The third-order valence-electron chi connectivity index (χ3n) is 5.38. The highest BCUT2D eigenvalue weighted by molar-refractivity contribution is 5.92. The van der Waals surface area contributed by atoms with Crippen LogP contribution in [0.25, 0.3) is 0 Å². The lowest BCUT2D eigenvalue weighted by atomic mass is 10.00. The molecule has 4 rings (SSSR count). The Labute approximate surface area is 168 Å². The number of hydrogen-bond acceptors (Lipinski definition) is 4. The summed E-state index contributed by atoms with van der Waals surface area (Å²) in [4.78, 5) is 26.5. The van der Waals surface area contributed by atoms with E-state index in [1.165, 1.54) is 6.07 Å². The van der Waals surface area contributed by atoms with Gasteiger partial charge in [-0.25, -0.2) is 9.18 Å². The van der Waals surface area contributed by atoms with Crippen LogP contribution >= 0.6 is 0 Å². The first-order chi connectivity index (χ1) is 14.1. The van der Waals surface area contributed by atoms with Crippen molar-refractivity contribution in [1.29, 1.82) is 0 Å². The van der Waals surface area contributed by atoms with Gasteiger partial charge < -0.3 is 15.5 Å². The van der Waals surface area contributed by atoms with Crippen molar-refractivity contribution in [3.63, 3.8) is 0 Å². The van der Waals surface area contributed by atoms with Crippen LogP contribution in [0, 0.1) is 5.82 Å². The Morgan fingerprint density at radius 1 is 1.17 bits per heavy atom. The summed E-state index contributed by atoms with van der Waals surface area (Å²) in [5.41, 5.74) is 0.499. The Morgan fingerprint density at radius 3 is 2.79 bits per heavy atom. The van der Waals surface area contributed by atoms with Gasteiger partial charge in [-0.1, -0.05) is 17.3 Å². The van der Waals surface area contributed by atoms with Crippen LogP contribution < -0.4 is 10.6 Å². The number of benzene rings is 1. The molecule has 1 aromatic heterocycles. The van der Waals surface area contributed by atoms with E-state index in [1.807, 2.05) is 0 Å². The van der Waals surface area contributed by atoms with Gasteiger partial charge >= 0.3 is 6.03 Å². The summed E-state index contributed by atoms with van der Waals surface area (Å²) >= 11 is 0. The molecule has 1 aliphatic carbocycles. The number of nitrogens with one attached hydrogen (secondary N) is 2. The van der Waals surface area contributed by atoms with E-state index in [0.717, 1.165) is 32.1 Å². The number of anilines is 1. The first-order valence-corrected chi connectivity index (χ1v) is 10.1. The Balaban J connectivity index is 1.34. The van der Waals surface area contributed by atoms with Gasteiger partial charge in [-0.2, -0.15) is 0 Å². The normalized spacial score (nSPS) is 19.1. The number of amides is 3. The Morgan fingerprint density at radius 2 is 2.00 bits per heavy atom. The second-order valence-corrected chi connectivity index (χ2v) is 7.66. The summed E-state index contributed by atoms with van der Waals surface area (Å²) in [6.07, 6.45) is 7.23. The molecule has 0 radical (unpaired) electrons. The molecule has 1 saturated heterocycles. The number of aryl methyl sites for hydroxylation is 1. The number of carbonyl (C=O) groups is 2. The first kappa shape index (κ1) is 19.4. The maximum absolute atomic E-state index is 13.8. The van der Waals surface area contributed by atoms with E-state index in [-0.39, 0.29) is 29.7 Å². The van der Waals surface area contributed by atoms with E-state index in [0.29, 0.717) is 25.2 Å². The molecule has 3 amide bonds. The first-order valence-electron chi connectivity index (χ1n) is 10.1. The lowest BCUT2D eigenvalue weighted by molar-refractivity contribution is 0.0946. The van der Waals surface area contributed by atoms with Crippen molar-refractivity contribution in [2.75, 3.05) is 11.9 Å². The number of urea groups is 1. The minimum absolute atomic E-state index is 0.0310. The van der Waals surface area contributed by atoms with Crippen molar-refractivity contribution >= 4 is 17.6 Å². The van der Waals surface area contributed by atoms with Crippen molar-refractivity contribution in [2.45, 2.75) is 57.2 Å². The van der Waals surface area contributed by atoms with E-state index in [9.17, 15) is 14.0 Å². The Bertz CT molecular complexity index is 881. The fourth-order valence-corrected chi connectivity index (χ4v) is 3.60. The van der Waals surface area contributed by atoms with Gasteiger partial charge in [0.05, 0.1) is 11.9 Å². The van der Waals surface area contributed by atoms with Crippen LogP contribution in [0.3, 0.4) is 0 Å². The monoisotopic (exact) mass is 400 g/mol. The highest BCUT2D eigenvalue weighted by Gasteiger charge is 2.28. The van der Waals surface area contributed by atoms with E-state index < -0.39 is 5.82 Å². The number of halogens is 1. The van der Waals surface area contributed by atoms with Crippen LogP contribution in [-0.2, 0) is 6.54 Å². The molecule has 2 aromatic rings. The molecule has 2 aliphatic rings. The second kappa shape index (κ2) is 8.59. The fraction of sp³-hybridized carbons (Fsp3) is 0.500. The molecule has 2 N–H and O–H groups in total. The summed E-state index contributed by atoms with van der Waals surface area (Å²) < 4.78 is 15.5. The maximum atomic E-state index is 13.8. The average molecular weight is 400 g/mol. The Kier molecular flexibility index (Phi) is 5.73. The highest BCUT2D eigenvalue weighted by Crippen LogP contribution is 2.22.